The van der Waals surface area contributed by atoms with E-state index in [4.69, 9.17) is 10.4 Å². The molecule has 90 valence electrons. The first-order valence-corrected chi connectivity index (χ1v) is 5.33. The Morgan fingerprint density at radius 1 is 1.71 bits per heavy atom. The van der Waals surface area contributed by atoms with Crippen LogP contribution in [-0.4, -0.2) is 27.6 Å². The summed E-state index contributed by atoms with van der Waals surface area (Å²) in [6.07, 6.45) is 2.82. The lowest BCUT2D eigenvalue weighted by molar-refractivity contribution is -0.141. The summed E-state index contributed by atoms with van der Waals surface area (Å²) < 4.78 is 0. The molecule has 2 N–H and O–H groups in total. The number of carboxylic acid groups (broad SMARTS) is 1. The quantitative estimate of drug-likeness (QED) is 0.719. The zero-order valence-corrected chi connectivity index (χ0v) is 9.55. The summed E-state index contributed by atoms with van der Waals surface area (Å²) in [5, 5.41) is 20.3. The van der Waals surface area contributed by atoms with Gasteiger partial charge in [0, 0.05) is 12.7 Å². The summed E-state index contributed by atoms with van der Waals surface area (Å²) in [5.41, 5.74) is 0.307. The van der Waals surface area contributed by atoms with Crippen LogP contribution in [0.2, 0.25) is 0 Å². The largest absolute Gasteiger partial charge is 0.481 e. The minimum Gasteiger partial charge on any atom is -0.481 e. The Balaban J connectivity index is 2.31. The zero-order chi connectivity index (χ0) is 12.7. The van der Waals surface area contributed by atoms with Crippen LogP contribution in [0.4, 0.5) is 5.95 Å². The molecule has 0 spiro atoms. The van der Waals surface area contributed by atoms with Gasteiger partial charge in [-0.2, -0.15) is 5.26 Å². The maximum absolute atomic E-state index is 10.6. The minimum absolute atomic E-state index is 0.307. The highest BCUT2D eigenvalue weighted by Gasteiger charge is 2.09. The van der Waals surface area contributed by atoms with Crippen molar-refractivity contribution in [3.63, 3.8) is 0 Å². The molecule has 1 heterocycles. The Hall–Kier alpha value is -2.16. The van der Waals surface area contributed by atoms with E-state index >= 15 is 0 Å². The van der Waals surface area contributed by atoms with Gasteiger partial charge in [-0.15, -0.1) is 0 Å². The molecule has 0 amide bonds. The second-order valence-corrected chi connectivity index (χ2v) is 3.69. The Morgan fingerprint density at radius 3 is 3.12 bits per heavy atom. The fourth-order valence-corrected chi connectivity index (χ4v) is 1.24. The lowest BCUT2D eigenvalue weighted by Crippen LogP contribution is -2.12. The van der Waals surface area contributed by atoms with Crippen LogP contribution in [0.25, 0.3) is 0 Å². The number of nitriles is 1. The average molecular weight is 234 g/mol. The van der Waals surface area contributed by atoms with Gasteiger partial charge in [0.1, 0.15) is 11.8 Å². The van der Waals surface area contributed by atoms with Gasteiger partial charge in [-0.1, -0.05) is 6.92 Å². The molecule has 0 aliphatic carbocycles. The molecule has 6 nitrogen and oxygen atoms in total. The molecule has 0 aliphatic rings. The maximum atomic E-state index is 10.6. The van der Waals surface area contributed by atoms with Crippen LogP contribution in [-0.2, 0) is 4.79 Å². The second-order valence-electron chi connectivity index (χ2n) is 3.69. The van der Waals surface area contributed by atoms with Crippen molar-refractivity contribution in [1.82, 2.24) is 9.97 Å². The number of rotatable bonds is 6. The molecule has 0 saturated carbocycles. The number of carbonyl (C=O) groups is 1. The van der Waals surface area contributed by atoms with Gasteiger partial charge in [0.05, 0.1) is 5.92 Å². The van der Waals surface area contributed by atoms with Crippen molar-refractivity contribution in [3.05, 3.63) is 18.0 Å². The highest BCUT2D eigenvalue weighted by atomic mass is 16.4. The number of carboxylic acids is 1. The minimum atomic E-state index is -0.785. The fourth-order valence-electron chi connectivity index (χ4n) is 1.24. The summed E-state index contributed by atoms with van der Waals surface area (Å²) >= 11 is 0. The molecule has 17 heavy (non-hydrogen) atoms. The van der Waals surface area contributed by atoms with Crippen LogP contribution in [0, 0.1) is 17.2 Å². The van der Waals surface area contributed by atoms with Crippen molar-refractivity contribution in [2.24, 2.45) is 5.92 Å². The number of hydrogen-bond donors (Lipinski definition) is 2. The smallest absolute Gasteiger partial charge is 0.306 e. The van der Waals surface area contributed by atoms with Gasteiger partial charge in [0.25, 0.3) is 0 Å². The number of aromatic nitrogens is 2. The Morgan fingerprint density at radius 2 is 2.47 bits per heavy atom. The first-order valence-electron chi connectivity index (χ1n) is 5.33. The maximum Gasteiger partial charge on any atom is 0.306 e. The zero-order valence-electron chi connectivity index (χ0n) is 9.55. The molecule has 0 fully saturated rings. The molecule has 1 aromatic rings. The monoisotopic (exact) mass is 234 g/mol. The molecule has 1 rings (SSSR count). The Bertz CT molecular complexity index is 428. The highest BCUT2D eigenvalue weighted by Crippen LogP contribution is 2.06. The normalized spacial score (nSPS) is 11.5. The SMILES string of the molecule is CC(CCCNc1nccc(C#N)n1)C(=O)O. The van der Waals surface area contributed by atoms with E-state index in [-0.39, 0.29) is 5.92 Å². The van der Waals surface area contributed by atoms with Gasteiger partial charge in [-0.25, -0.2) is 9.97 Å². The van der Waals surface area contributed by atoms with Crippen molar-refractivity contribution in [3.8, 4) is 6.07 Å². The summed E-state index contributed by atoms with van der Waals surface area (Å²) in [5.74, 6) is -0.733. The van der Waals surface area contributed by atoms with Crippen molar-refractivity contribution < 1.29 is 9.90 Å². The predicted molar refractivity (Wildman–Crippen MR) is 61.3 cm³/mol. The predicted octanol–water partition coefficient (Wildman–Crippen LogP) is 1.26. The number of hydrogen-bond acceptors (Lipinski definition) is 5. The van der Waals surface area contributed by atoms with Crippen molar-refractivity contribution in [1.29, 1.82) is 5.26 Å². The first kappa shape index (κ1) is 12.9. The van der Waals surface area contributed by atoms with Crippen LogP contribution in [0.5, 0.6) is 0 Å². The van der Waals surface area contributed by atoms with Gasteiger partial charge in [0.2, 0.25) is 5.95 Å². The van der Waals surface area contributed by atoms with E-state index in [2.05, 4.69) is 15.3 Å². The van der Waals surface area contributed by atoms with Crippen LogP contribution >= 0.6 is 0 Å². The van der Waals surface area contributed by atoms with Crippen LogP contribution in [0.1, 0.15) is 25.5 Å². The summed E-state index contributed by atoms with van der Waals surface area (Å²) in [6.45, 7) is 2.27. The third-order valence-electron chi connectivity index (χ3n) is 2.29. The lowest BCUT2D eigenvalue weighted by Gasteiger charge is -2.06. The van der Waals surface area contributed by atoms with Crippen LogP contribution in [0.15, 0.2) is 12.3 Å². The average Bonchev–Trinajstić information content (AvgIpc) is 2.34. The summed E-state index contributed by atoms with van der Waals surface area (Å²) in [4.78, 5) is 18.5. The van der Waals surface area contributed by atoms with Gasteiger partial charge >= 0.3 is 5.97 Å². The number of aliphatic carboxylic acids is 1. The molecule has 1 aromatic heterocycles. The van der Waals surface area contributed by atoms with E-state index in [1.54, 1.807) is 6.92 Å². The van der Waals surface area contributed by atoms with E-state index in [0.717, 1.165) is 0 Å². The number of nitrogens with one attached hydrogen (secondary N) is 1. The fraction of sp³-hybridized carbons (Fsp3) is 0.455. The van der Waals surface area contributed by atoms with Crippen molar-refractivity contribution in [2.45, 2.75) is 19.8 Å². The van der Waals surface area contributed by atoms with E-state index in [1.807, 2.05) is 6.07 Å². The third-order valence-corrected chi connectivity index (χ3v) is 2.29. The molecule has 0 aliphatic heterocycles. The number of nitrogens with zero attached hydrogens (tertiary/aromatic N) is 3. The topological polar surface area (TPSA) is 98.9 Å². The molecule has 0 saturated heterocycles. The molecule has 0 radical (unpaired) electrons. The van der Waals surface area contributed by atoms with Gasteiger partial charge in [-0.3, -0.25) is 4.79 Å². The van der Waals surface area contributed by atoms with E-state index in [0.29, 0.717) is 31.0 Å². The van der Waals surface area contributed by atoms with Crippen LogP contribution in [0.3, 0.4) is 0 Å². The van der Waals surface area contributed by atoms with Gasteiger partial charge in [0.15, 0.2) is 0 Å². The van der Waals surface area contributed by atoms with Crippen molar-refractivity contribution in [2.75, 3.05) is 11.9 Å². The molecular formula is C11H14N4O2. The second kappa shape index (κ2) is 6.43. The van der Waals surface area contributed by atoms with E-state index in [1.165, 1.54) is 12.3 Å². The molecule has 1 unspecified atom stereocenters. The molecule has 0 aromatic carbocycles. The Labute approximate surface area is 99.3 Å². The van der Waals surface area contributed by atoms with E-state index < -0.39 is 5.97 Å². The molecular weight excluding hydrogens is 220 g/mol. The lowest BCUT2D eigenvalue weighted by atomic mass is 10.1. The first-order chi connectivity index (χ1) is 8.13. The molecule has 0 bridgehead atoms. The van der Waals surface area contributed by atoms with Crippen LogP contribution < -0.4 is 5.32 Å². The standard InChI is InChI=1S/C11H14N4O2/c1-8(10(16)17)3-2-5-13-11-14-6-4-9(7-12)15-11/h4,6,8H,2-3,5H2,1H3,(H,16,17)(H,13,14,15). The number of anilines is 1. The molecule has 1 atom stereocenters. The van der Waals surface area contributed by atoms with Gasteiger partial charge < -0.3 is 10.4 Å². The highest BCUT2D eigenvalue weighted by molar-refractivity contribution is 5.69. The van der Waals surface area contributed by atoms with E-state index in [9.17, 15) is 4.79 Å². The van der Waals surface area contributed by atoms with Crippen molar-refractivity contribution >= 4 is 11.9 Å². The summed E-state index contributed by atoms with van der Waals surface area (Å²) in [7, 11) is 0. The van der Waals surface area contributed by atoms with Gasteiger partial charge in [-0.05, 0) is 18.9 Å². The molecule has 6 heteroatoms. The Kier molecular flexibility index (Phi) is 4.88. The third kappa shape index (κ3) is 4.47. The summed E-state index contributed by atoms with van der Waals surface area (Å²) in [6, 6.07) is 3.45.